The summed E-state index contributed by atoms with van der Waals surface area (Å²) in [5.41, 5.74) is 0.887. The average Bonchev–Trinajstić information content (AvgIpc) is 2.79. The van der Waals surface area contributed by atoms with Gasteiger partial charge in [0.1, 0.15) is 17.5 Å². The maximum atomic E-state index is 13.0. The highest BCUT2D eigenvalue weighted by molar-refractivity contribution is 6.32. The van der Waals surface area contributed by atoms with Crippen molar-refractivity contribution in [1.29, 1.82) is 0 Å². The van der Waals surface area contributed by atoms with Crippen molar-refractivity contribution < 1.29 is 19.1 Å². The standard InChI is InChI=1S/C24H31ClN2O4/c1-4-5-8-15-26-24(29)18(2)27(16-19-11-13-20(30-3)14-12-19)23(28)17-31-22-10-7-6-9-21(22)25/h6-7,9-14,18H,4-5,8,15-17H2,1-3H3,(H,26,29)/t18-/m1/s1. The van der Waals surface area contributed by atoms with E-state index in [1.54, 1.807) is 38.3 Å². The topological polar surface area (TPSA) is 67.9 Å². The molecule has 0 aliphatic carbocycles. The third-order valence-corrected chi connectivity index (χ3v) is 5.26. The number of benzene rings is 2. The van der Waals surface area contributed by atoms with E-state index < -0.39 is 6.04 Å². The molecule has 0 aliphatic heterocycles. The number of ether oxygens (including phenoxy) is 2. The zero-order valence-electron chi connectivity index (χ0n) is 18.4. The number of para-hydroxylation sites is 1. The predicted molar refractivity (Wildman–Crippen MR) is 122 cm³/mol. The fraction of sp³-hybridized carbons (Fsp3) is 0.417. The molecule has 2 rings (SSSR count). The van der Waals surface area contributed by atoms with Crippen molar-refractivity contribution in [1.82, 2.24) is 10.2 Å². The van der Waals surface area contributed by atoms with Crippen LogP contribution in [0.15, 0.2) is 48.5 Å². The van der Waals surface area contributed by atoms with Crippen molar-refractivity contribution in [2.45, 2.75) is 45.7 Å². The summed E-state index contributed by atoms with van der Waals surface area (Å²) in [7, 11) is 1.60. The van der Waals surface area contributed by atoms with E-state index in [-0.39, 0.29) is 25.0 Å². The molecule has 0 aliphatic rings. The summed E-state index contributed by atoms with van der Waals surface area (Å²) in [6.07, 6.45) is 3.04. The van der Waals surface area contributed by atoms with Crippen LogP contribution in [-0.4, -0.2) is 43.0 Å². The molecule has 0 aromatic heterocycles. The lowest BCUT2D eigenvalue weighted by Crippen LogP contribution is -2.49. The highest BCUT2D eigenvalue weighted by atomic mass is 35.5. The van der Waals surface area contributed by atoms with Gasteiger partial charge in [0, 0.05) is 13.1 Å². The van der Waals surface area contributed by atoms with Crippen molar-refractivity contribution in [3.05, 3.63) is 59.1 Å². The third-order valence-electron chi connectivity index (χ3n) is 4.95. The van der Waals surface area contributed by atoms with Crippen LogP contribution in [0.1, 0.15) is 38.7 Å². The number of nitrogens with one attached hydrogen (secondary N) is 1. The smallest absolute Gasteiger partial charge is 0.261 e. The summed E-state index contributed by atoms with van der Waals surface area (Å²) < 4.78 is 10.8. The number of amides is 2. The monoisotopic (exact) mass is 446 g/mol. The Morgan fingerprint density at radius 1 is 1.10 bits per heavy atom. The van der Waals surface area contributed by atoms with E-state index in [0.29, 0.717) is 17.3 Å². The van der Waals surface area contributed by atoms with Crippen molar-refractivity contribution >= 4 is 23.4 Å². The zero-order valence-corrected chi connectivity index (χ0v) is 19.2. The normalized spacial score (nSPS) is 11.5. The first kappa shape index (κ1) is 24.5. The zero-order chi connectivity index (χ0) is 22.6. The highest BCUT2D eigenvalue weighted by Gasteiger charge is 2.26. The first-order valence-corrected chi connectivity index (χ1v) is 10.9. The van der Waals surface area contributed by atoms with E-state index in [2.05, 4.69) is 12.2 Å². The maximum Gasteiger partial charge on any atom is 0.261 e. The number of carbonyl (C=O) groups excluding carboxylic acids is 2. The predicted octanol–water partition coefficient (Wildman–Crippen LogP) is 4.45. The number of methoxy groups -OCH3 is 1. The van der Waals surface area contributed by atoms with Gasteiger partial charge in [-0.2, -0.15) is 0 Å². The minimum Gasteiger partial charge on any atom is -0.497 e. The number of hydrogen-bond acceptors (Lipinski definition) is 4. The van der Waals surface area contributed by atoms with Gasteiger partial charge in [0.15, 0.2) is 6.61 Å². The molecule has 0 unspecified atom stereocenters. The first-order chi connectivity index (χ1) is 15.0. The van der Waals surface area contributed by atoms with Gasteiger partial charge in [-0.15, -0.1) is 0 Å². The Labute approximate surface area is 189 Å². The van der Waals surface area contributed by atoms with Crippen molar-refractivity contribution in [2.75, 3.05) is 20.3 Å². The summed E-state index contributed by atoms with van der Waals surface area (Å²) in [6.45, 7) is 4.49. The molecule has 0 saturated heterocycles. The second-order valence-corrected chi connectivity index (χ2v) is 7.67. The van der Waals surface area contributed by atoms with Gasteiger partial charge < -0.3 is 19.7 Å². The van der Waals surface area contributed by atoms with Gasteiger partial charge in [0.2, 0.25) is 5.91 Å². The van der Waals surface area contributed by atoms with Gasteiger partial charge in [-0.3, -0.25) is 9.59 Å². The van der Waals surface area contributed by atoms with Crippen LogP contribution in [0.25, 0.3) is 0 Å². The molecule has 2 aromatic carbocycles. The molecule has 2 aromatic rings. The lowest BCUT2D eigenvalue weighted by molar-refractivity contribution is -0.142. The van der Waals surface area contributed by atoms with Crippen LogP contribution in [0, 0.1) is 0 Å². The van der Waals surface area contributed by atoms with Gasteiger partial charge in [0.25, 0.3) is 5.91 Å². The van der Waals surface area contributed by atoms with E-state index in [0.717, 1.165) is 30.6 Å². The average molecular weight is 447 g/mol. The van der Waals surface area contributed by atoms with Crippen LogP contribution in [0.3, 0.4) is 0 Å². The van der Waals surface area contributed by atoms with Crippen molar-refractivity contribution in [3.63, 3.8) is 0 Å². The van der Waals surface area contributed by atoms with Crippen molar-refractivity contribution in [2.24, 2.45) is 0 Å². The highest BCUT2D eigenvalue weighted by Crippen LogP contribution is 2.23. The van der Waals surface area contributed by atoms with E-state index in [4.69, 9.17) is 21.1 Å². The molecule has 2 amide bonds. The van der Waals surface area contributed by atoms with Gasteiger partial charge in [-0.1, -0.05) is 55.6 Å². The molecule has 31 heavy (non-hydrogen) atoms. The summed E-state index contributed by atoms with van der Waals surface area (Å²) in [6, 6.07) is 13.7. The lowest BCUT2D eigenvalue weighted by Gasteiger charge is -2.29. The molecular weight excluding hydrogens is 416 g/mol. The molecule has 6 nitrogen and oxygen atoms in total. The van der Waals surface area contributed by atoms with Crippen LogP contribution >= 0.6 is 11.6 Å². The Morgan fingerprint density at radius 2 is 1.81 bits per heavy atom. The number of unbranched alkanes of at least 4 members (excludes halogenated alkanes) is 2. The van der Waals surface area contributed by atoms with Gasteiger partial charge >= 0.3 is 0 Å². The second-order valence-electron chi connectivity index (χ2n) is 7.26. The summed E-state index contributed by atoms with van der Waals surface area (Å²) in [4.78, 5) is 27.2. The van der Waals surface area contributed by atoms with E-state index >= 15 is 0 Å². The van der Waals surface area contributed by atoms with Crippen LogP contribution in [0.5, 0.6) is 11.5 Å². The molecular formula is C24H31ClN2O4. The van der Waals surface area contributed by atoms with Gasteiger partial charge in [-0.05, 0) is 43.2 Å². The minimum absolute atomic E-state index is 0.185. The molecule has 0 fully saturated rings. The Bertz CT molecular complexity index is 842. The molecule has 0 heterocycles. The molecule has 7 heteroatoms. The van der Waals surface area contributed by atoms with Crippen LogP contribution in [0.4, 0.5) is 0 Å². The van der Waals surface area contributed by atoms with Crippen molar-refractivity contribution in [3.8, 4) is 11.5 Å². The Balaban J connectivity index is 2.10. The SMILES string of the molecule is CCCCCNC(=O)[C@@H](C)N(Cc1ccc(OC)cc1)C(=O)COc1ccccc1Cl. The fourth-order valence-corrected chi connectivity index (χ4v) is 3.22. The van der Waals surface area contributed by atoms with E-state index in [1.165, 1.54) is 4.90 Å². The molecule has 0 spiro atoms. The first-order valence-electron chi connectivity index (χ1n) is 10.5. The number of hydrogen-bond donors (Lipinski definition) is 1. The molecule has 1 N–H and O–H groups in total. The number of nitrogens with zero attached hydrogens (tertiary/aromatic N) is 1. The van der Waals surface area contributed by atoms with Crippen LogP contribution in [0.2, 0.25) is 5.02 Å². The summed E-state index contributed by atoms with van der Waals surface area (Å²) in [5, 5.41) is 3.35. The molecule has 1 atom stereocenters. The number of carbonyl (C=O) groups is 2. The molecule has 168 valence electrons. The molecule has 0 saturated carbocycles. The Hall–Kier alpha value is -2.73. The fourth-order valence-electron chi connectivity index (χ4n) is 3.03. The number of rotatable bonds is 12. The quantitative estimate of drug-likeness (QED) is 0.489. The maximum absolute atomic E-state index is 13.0. The summed E-state index contributed by atoms with van der Waals surface area (Å²) in [5.74, 6) is 0.673. The van der Waals surface area contributed by atoms with Gasteiger partial charge in [-0.25, -0.2) is 0 Å². The number of halogens is 1. The largest absolute Gasteiger partial charge is 0.497 e. The second kappa shape index (κ2) is 12.8. The van der Waals surface area contributed by atoms with Crippen LogP contribution < -0.4 is 14.8 Å². The minimum atomic E-state index is -0.647. The third kappa shape index (κ3) is 7.79. The van der Waals surface area contributed by atoms with E-state index in [9.17, 15) is 9.59 Å². The van der Waals surface area contributed by atoms with Crippen LogP contribution in [-0.2, 0) is 16.1 Å². The summed E-state index contributed by atoms with van der Waals surface area (Å²) >= 11 is 6.12. The van der Waals surface area contributed by atoms with E-state index in [1.807, 2.05) is 24.3 Å². The molecule has 0 bridgehead atoms. The Morgan fingerprint density at radius 3 is 2.45 bits per heavy atom. The Kier molecular flexibility index (Phi) is 10.2. The van der Waals surface area contributed by atoms with Gasteiger partial charge in [0.05, 0.1) is 12.1 Å². The lowest BCUT2D eigenvalue weighted by atomic mass is 10.1. The molecule has 0 radical (unpaired) electrons.